The van der Waals surface area contributed by atoms with Crippen LogP contribution in [0.5, 0.6) is 0 Å². The highest BCUT2D eigenvalue weighted by molar-refractivity contribution is 5.76. The van der Waals surface area contributed by atoms with E-state index in [0.717, 1.165) is 51.4 Å². The molecule has 0 saturated carbocycles. The minimum atomic E-state index is -1.79. The van der Waals surface area contributed by atoms with Gasteiger partial charge in [-0.3, -0.25) is 4.79 Å². The second kappa shape index (κ2) is 39.0. The molecule has 0 aliphatic carbocycles. The van der Waals surface area contributed by atoms with Crippen LogP contribution < -0.4 is 5.32 Å². The molecule has 0 spiro atoms. The first-order chi connectivity index (χ1) is 32.1. The van der Waals surface area contributed by atoms with Gasteiger partial charge in [0, 0.05) is 6.42 Å². The Balaban J connectivity index is 1.86. The number of ether oxygens (including phenoxy) is 4. The van der Waals surface area contributed by atoms with Crippen molar-refractivity contribution in [3.05, 3.63) is 36.5 Å². The molecule has 2 rings (SSSR count). The van der Waals surface area contributed by atoms with E-state index in [-0.39, 0.29) is 18.9 Å². The van der Waals surface area contributed by atoms with Gasteiger partial charge in [-0.15, -0.1) is 0 Å². The molecule has 386 valence electrons. The van der Waals surface area contributed by atoms with E-state index in [4.69, 9.17) is 18.9 Å². The third kappa shape index (κ3) is 25.7. The SMILES string of the molecule is CCCCCCC/C=C\CCCCCCCC(=O)NC(COC1OC(CO)C(OC2OC(CO)C(O)C(O)C2O)C(O)C1O)C(O)/C=C/CC/C=C/CCCCCCCCCCCCCC. The lowest BCUT2D eigenvalue weighted by atomic mass is 9.97. The lowest BCUT2D eigenvalue weighted by molar-refractivity contribution is -0.359. The molecule has 0 aromatic carbocycles. The Morgan fingerprint density at radius 2 is 0.970 bits per heavy atom. The molecule has 0 aromatic rings. The first-order valence-corrected chi connectivity index (χ1v) is 26.2. The average Bonchev–Trinajstić information content (AvgIpc) is 3.31. The molecular weight excluding hydrogens is 847 g/mol. The molecule has 2 aliphatic heterocycles. The Hall–Kier alpha value is -1.79. The predicted octanol–water partition coefficient (Wildman–Crippen LogP) is 7.10. The molecular formula is C52H95NO13. The maximum atomic E-state index is 13.2. The molecule has 12 unspecified atom stereocenters. The van der Waals surface area contributed by atoms with Crippen molar-refractivity contribution in [3.63, 3.8) is 0 Å². The van der Waals surface area contributed by atoms with E-state index in [1.807, 2.05) is 6.08 Å². The summed E-state index contributed by atoms with van der Waals surface area (Å²) in [6.07, 6.45) is 27.5. The number of carbonyl (C=O) groups is 1. The van der Waals surface area contributed by atoms with Crippen molar-refractivity contribution in [1.82, 2.24) is 5.32 Å². The van der Waals surface area contributed by atoms with Crippen LogP contribution in [0.2, 0.25) is 0 Å². The Labute approximate surface area is 398 Å². The minimum Gasteiger partial charge on any atom is -0.394 e. The van der Waals surface area contributed by atoms with Gasteiger partial charge in [0.15, 0.2) is 12.6 Å². The number of amides is 1. The molecule has 1 amide bonds. The number of aliphatic hydroxyl groups excluding tert-OH is 8. The zero-order chi connectivity index (χ0) is 48.2. The van der Waals surface area contributed by atoms with E-state index in [1.165, 1.54) is 109 Å². The van der Waals surface area contributed by atoms with Crippen LogP contribution in [-0.2, 0) is 23.7 Å². The monoisotopic (exact) mass is 942 g/mol. The summed E-state index contributed by atoms with van der Waals surface area (Å²) in [5, 5.41) is 86.7. The molecule has 2 aliphatic rings. The lowest BCUT2D eigenvalue weighted by Crippen LogP contribution is -2.65. The van der Waals surface area contributed by atoms with Gasteiger partial charge in [-0.05, 0) is 57.8 Å². The Morgan fingerprint density at radius 3 is 1.48 bits per heavy atom. The molecule has 0 aromatic heterocycles. The van der Waals surface area contributed by atoms with E-state index < -0.39 is 86.8 Å². The van der Waals surface area contributed by atoms with Crippen molar-refractivity contribution in [2.75, 3.05) is 19.8 Å². The zero-order valence-corrected chi connectivity index (χ0v) is 40.9. The molecule has 14 heteroatoms. The molecule has 0 radical (unpaired) electrons. The highest BCUT2D eigenvalue weighted by atomic mass is 16.7. The minimum absolute atomic E-state index is 0.259. The summed E-state index contributed by atoms with van der Waals surface area (Å²) in [5.74, 6) is -0.259. The number of nitrogens with one attached hydrogen (secondary N) is 1. The summed E-state index contributed by atoms with van der Waals surface area (Å²) in [6.45, 7) is 2.75. The number of rotatable bonds is 40. The van der Waals surface area contributed by atoms with Crippen LogP contribution in [0.15, 0.2) is 36.5 Å². The largest absolute Gasteiger partial charge is 0.394 e. The van der Waals surface area contributed by atoms with Crippen molar-refractivity contribution in [2.24, 2.45) is 0 Å². The maximum Gasteiger partial charge on any atom is 0.220 e. The number of hydrogen-bond acceptors (Lipinski definition) is 13. The Kier molecular flexibility index (Phi) is 35.6. The normalized spacial score (nSPS) is 27.1. The lowest BCUT2D eigenvalue weighted by Gasteiger charge is -2.46. The molecule has 14 nitrogen and oxygen atoms in total. The third-order valence-corrected chi connectivity index (χ3v) is 12.8. The van der Waals surface area contributed by atoms with Gasteiger partial charge in [-0.1, -0.05) is 166 Å². The van der Waals surface area contributed by atoms with E-state index >= 15 is 0 Å². The van der Waals surface area contributed by atoms with Crippen LogP contribution in [0.25, 0.3) is 0 Å². The number of hydrogen-bond donors (Lipinski definition) is 9. The number of unbranched alkanes of at least 4 members (excludes halogenated alkanes) is 23. The van der Waals surface area contributed by atoms with Gasteiger partial charge in [-0.25, -0.2) is 0 Å². The van der Waals surface area contributed by atoms with Crippen LogP contribution in [-0.4, -0.2) is 140 Å². The summed E-state index contributed by atoms with van der Waals surface area (Å²) in [4.78, 5) is 13.2. The van der Waals surface area contributed by atoms with Crippen molar-refractivity contribution >= 4 is 5.91 Å². The van der Waals surface area contributed by atoms with Gasteiger partial charge in [0.05, 0.1) is 32.0 Å². The fourth-order valence-corrected chi connectivity index (χ4v) is 8.48. The van der Waals surface area contributed by atoms with E-state index in [0.29, 0.717) is 12.8 Å². The van der Waals surface area contributed by atoms with Crippen LogP contribution in [0, 0.1) is 0 Å². The fourth-order valence-electron chi connectivity index (χ4n) is 8.48. The molecule has 2 saturated heterocycles. The van der Waals surface area contributed by atoms with Gasteiger partial charge in [-0.2, -0.15) is 0 Å². The van der Waals surface area contributed by atoms with Gasteiger partial charge >= 0.3 is 0 Å². The van der Waals surface area contributed by atoms with Gasteiger partial charge < -0.3 is 65.1 Å². The molecule has 9 N–H and O–H groups in total. The van der Waals surface area contributed by atoms with Gasteiger partial charge in [0.1, 0.15) is 48.8 Å². The summed E-state index contributed by atoms with van der Waals surface area (Å²) in [7, 11) is 0. The topological polar surface area (TPSA) is 228 Å². The second-order valence-electron chi connectivity index (χ2n) is 18.6. The highest BCUT2D eigenvalue weighted by Crippen LogP contribution is 2.30. The van der Waals surface area contributed by atoms with Crippen molar-refractivity contribution in [2.45, 2.75) is 267 Å². The van der Waals surface area contributed by atoms with Gasteiger partial charge in [0.25, 0.3) is 0 Å². The molecule has 2 heterocycles. The standard InChI is InChI=1S/C52H95NO13/c1-3-5-7-9-11-13-15-17-19-20-21-22-23-25-27-29-31-33-35-41(56)40(53-44(57)36-34-32-30-28-26-24-18-16-14-12-10-8-6-4-2)39-63-51-49(62)47(60)50(43(38-55)65-51)66-52-48(61)46(59)45(58)42(37-54)64-52/h16,18,25,27,33,35,40-43,45-52,54-56,58-62H,3-15,17,19-24,26,28-32,34,36-39H2,1-2H3,(H,53,57)/b18-16-,27-25+,35-33+. The number of aliphatic hydroxyl groups is 8. The predicted molar refractivity (Wildman–Crippen MR) is 258 cm³/mol. The number of allylic oxidation sites excluding steroid dienone is 5. The zero-order valence-electron chi connectivity index (χ0n) is 40.9. The van der Waals surface area contributed by atoms with Gasteiger partial charge in [0.2, 0.25) is 5.91 Å². The maximum absolute atomic E-state index is 13.2. The summed E-state index contributed by atoms with van der Waals surface area (Å²) in [6, 6.07) is -0.933. The first-order valence-electron chi connectivity index (χ1n) is 26.2. The Morgan fingerprint density at radius 1 is 0.530 bits per heavy atom. The quantitative estimate of drug-likeness (QED) is 0.0221. The van der Waals surface area contributed by atoms with Crippen molar-refractivity contribution in [1.29, 1.82) is 0 Å². The molecule has 2 fully saturated rings. The summed E-state index contributed by atoms with van der Waals surface area (Å²) >= 11 is 0. The van der Waals surface area contributed by atoms with Crippen LogP contribution in [0.4, 0.5) is 0 Å². The van der Waals surface area contributed by atoms with E-state index in [1.54, 1.807) is 6.08 Å². The average molecular weight is 942 g/mol. The smallest absolute Gasteiger partial charge is 0.220 e. The summed E-state index contributed by atoms with van der Waals surface area (Å²) < 4.78 is 22.7. The van der Waals surface area contributed by atoms with Crippen LogP contribution in [0.3, 0.4) is 0 Å². The van der Waals surface area contributed by atoms with E-state index in [9.17, 15) is 45.6 Å². The fraction of sp³-hybridized carbons (Fsp3) is 0.865. The second-order valence-corrected chi connectivity index (χ2v) is 18.6. The van der Waals surface area contributed by atoms with Crippen molar-refractivity contribution < 1.29 is 64.6 Å². The Bertz CT molecular complexity index is 1250. The highest BCUT2D eigenvalue weighted by Gasteiger charge is 2.51. The van der Waals surface area contributed by atoms with Crippen molar-refractivity contribution in [3.8, 4) is 0 Å². The number of carbonyl (C=O) groups excluding carboxylic acids is 1. The summed E-state index contributed by atoms with van der Waals surface area (Å²) in [5.41, 5.74) is 0. The van der Waals surface area contributed by atoms with E-state index in [2.05, 4.69) is 43.5 Å². The van der Waals surface area contributed by atoms with Crippen LogP contribution in [0.1, 0.15) is 194 Å². The molecule has 0 bridgehead atoms. The third-order valence-electron chi connectivity index (χ3n) is 12.8. The first kappa shape index (κ1) is 60.3. The molecule has 12 atom stereocenters. The van der Waals surface area contributed by atoms with Crippen LogP contribution >= 0.6 is 0 Å². The molecule has 66 heavy (non-hydrogen) atoms.